The Labute approximate surface area is 227 Å². The third-order valence-corrected chi connectivity index (χ3v) is 6.23. The predicted molar refractivity (Wildman–Crippen MR) is 148 cm³/mol. The van der Waals surface area contributed by atoms with Crippen LogP contribution in [0, 0.1) is 0 Å². The number of hydrogen-bond acceptors (Lipinski definition) is 8. The lowest BCUT2D eigenvalue weighted by molar-refractivity contribution is -0.158. The molecular weight excluding hydrogens is 500 g/mol. The second-order valence-corrected chi connectivity index (χ2v) is 9.56. The smallest absolute Gasteiger partial charge is 0.351 e. The van der Waals surface area contributed by atoms with Gasteiger partial charge in [-0.15, -0.1) is 0 Å². The number of allylic oxidation sites excluding steroid dienone is 1. The molecule has 3 aromatic rings. The highest BCUT2D eigenvalue weighted by Gasteiger charge is 2.31. The SMILES string of the molecule is CCOC(=O)c1cc2cc(/C=C/C(=O)c3ccc(OC(C)(C)C(=O)OCC)cc3)cc(C(C)CC)c2oc1=O. The lowest BCUT2D eigenvalue weighted by Crippen LogP contribution is -2.39. The van der Waals surface area contributed by atoms with Crippen LogP contribution in [-0.4, -0.2) is 36.5 Å². The summed E-state index contributed by atoms with van der Waals surface area (Å²) in [7, 11) is 0. The zero-order valence-electron chi connectivity index (χ0n) is 23.2. The molecule has 1 unspecified atom stereocenters. The molecule has 2 aromatic carbocycles. The van der Waals surface area contributed by atoms with Gasteiger partial charge in [-0.25, -0.2) is 14.4 Å². The summed E-state index contributed by atoms with van der Waals surface area (Å²) in [6.45, 7) is 11.0. The van der Waals surface area contributed by atoms with E-state index >= 15 is 0 Å². The van der Waals surface area contributed by atoms with Crippen molar-refractivity contribution in [3.8, 4) is 5.75 Å². The van der Waals surface area contributed by atoms with Crippen molar-refractivity contribution in [2.75, 3.05) is 13.2 Å². The molecule has 206 valence electrons. The van der Waals surface area contributed by atoms with Crippen LogP contribution < -0.4 is 10.4 Å². The summed E-state index contributed by atoms with van der Waals surface area (Å²) in [5, 5.41) is 0.563. The van der Waals surface area contributed by atoms with Crippen molar-refractivity contribution in [3.05, 3.63) is 81.2 Å². The van der Waals surface area contributed by atoms with Crippen LogP contribution in [0.3, 0.4) is 0 Å². The topological polar surface area (TPSA) is 109 Å². The highest BCUT2D eigenvalue weighted by Crippen LogP contribution is 2.30. The van der Waals surface area contributed by atoms with Gasteiger partial charge >= 0.3 is 17.6 Å². The van der Waals surface area contributed by atoms with Gasteiger partial charge in [-0.05, 0) is 99.7 Å². The van der Waals surface area contributed by atoms with Gasteiger partial charge in [0.2, 0.25) is 0 Å². The summed E-state index contributed by atoms with van der Waals surface area (Å²) in [4.78, 5) is 49.7. The molecule has 0 saturated carbocycles. The highest BCUT2D eigenvalue weighted by molar-refractivity contribution is 6.07. The Morgan fingerprint density at radius 1 is 0.974 bits per heavy atom. The fourth-order valence-electron chi connectivity index (χ4n) is 3.92. The van der Waals surface area contributed by atoms with Crippen LogP contribution in [0.25, 0.3) is 17.0 Å². The number of carbonyl (C=O) groups excluding carboxylic acids is 3. The van der Waals surface area contributed by atoms with Gasteiger partial charge in [-0.2, -0.15) is 0 Å². The molecule has 0 fully saturated rings. The van der Waals surface area contributed by atoms with Crippen LogP contribution in [0.5, 0.6) is 5.75 Å². The maximum absolute atomic E-state index is 12.9. The Hall–Kier alpha value is -4.20. The number of hydrogen-bond donors (Lipinski definition) is 0. The zero-order chi connectivity index (χ0) is 28.7. The molecule has 0 aliphatic rings. The van der Waals surface area contributed by atoms with Crippen molar-refractivity contribution in [3.63, 3.8) is 0 Å². The molecule has 0 aliphatic heterocycles. The summed E-state index contributed by atoms with van der Waals surface area (Å²) in [6, 6.07) is 11.6. The standard InChI is InChI=1S/C31H34O8/c1-7-19(4)24-17-20(16-22-18-25(28(33)36-8-2)29(34)38-27(22)24)10-15-26(32)21-11-13-23(14-12-21)39-31(5,6)30(35)37-9-3/h10-19H,7-9H2,1-6H3/b15-10+. The summed E-state index contributed by atoms with van der Waals surface area (Å²) in [6.07, 6.45) is 3.92. The molecular formula is C31H34O8. The minimum absolute atomic E-state index is 0.0690. The van der Waals surface area contributed by atoms with E-state index in [9.17, 15) is 19.2 Å². The van der Waals surface area contributed by atoms with Gasteiger partial charge in [0.15, 0.2) is 11.4 Å². The van der Waals surface area contributed by atoms with Crippen molar-refractivity contribution in [1.82, 2.24) is 0 Å². The van der Waals surface area contributed by atoms with E-state index in [1.807, 2.05) is 19.9 Å². The molecule has 1 atom stereocenters. The Bertz CT molecular complexity index is 1440. The first-order chi connectivity index (χ1) is 18.5. The van der Waals surface area contributed by atoms with Crippen molar-refractivity contribution in [2.45, 2.75) is 59.5 Å². The van der Waals surface area contributed by atoms with Gasteiger partial charge in [0.05, 0.1) is 13.2 Å². The number of ether oxygens (including phenoxy) is 3. The zero-order valence-corrected chi connectivity index (χ0v) is 23.2. The van der Waals surface area contributed by atoms with E-state index in [0.717, 1.165) is 12.0 Å². The van der Waals surface area contributed by atoms with E-state index < -0.39 is 23.2 Å². The maximum Gasteiger partial charge on any atom is 0.351 e. The van der Waals surface area contributed by atoms with Gasteiger partial charge < -0.3 is 18.6 Å². The Morgan fingerprint density at radius 3 is 2.26 bits per heavy atom. The molecule has 0 bridgehead atoms. The van der Waals surface area contributed by atoms with Crippen LogP contribution in [0.4, 0.5) is 0 Å². The molecule has 1 heterocycles. The lowest BCUT2D eigenvalue weighted by Gasteiger charge is -2.24. The highest BCUT2D eigenvalue weighted by atomic mass is 16.6. The van der Waals surface area contributed by atoms with Gasteiger partial charge in [0.1, 0.15) is 16.9 Å². The predicted octanol–water partition coefficient (Wildman–Crippen LogP) is 6.10. The third-order valence-electron chi connectivity index (χ3n) is 6.23. The summed E-state index contributed by atoms with van der Waals surface area (Å²) >= 11 is 0. The number of fused-ring (bicyclic) bond motifs is 1. The average molecular weight is 535 g/mol. The number of carbonyl (C=O) groups is 3. The molecule has 0 N–H and O–H groups in total. The monoisotopic (exact) mass is 534 g/mol. The summed E-state index contributed by atoms with van der Waals surface area (Å²) in [5.41, 5.74) is 0.272. The van der Waals surface area contributed by atoms with E-state index in [1.165, 1.54) is 12.1 Å². The number of esters is 2. The largest absolute Gasteiger partial charge is 0.476 e. The molecule has 39 heavy (non-hydrogen) atoms. The fraction of sp³-hybridized carbons (Fsp3) is 0.355. The fourth-order valence-corrected chi connectivity index (χ4v) is 3.92. The first kappa shape index (κ1) is 29.4. The molecule has 0 radical (unpaired) electrons. The second kappa shape index (κ2) is 12.6. The van der Waals surface area contributed by atoms with Gasteiger partial charge in [0, 0.05) is 10.9 Å². The Kier molecular flexibility index (Phi) is 9.46. The second-order valence-electron chi connectivity index (χ2n) is 9.56. The minimum atomic E-state index is -1.17. The van der Waals surface area contributed by atoms with Gasteiger partial charge in [-0.3, -0.25) is 4.79 Å². The molecule has 8 nitrogen and oxygen atoms in total. The normalized spacial score (nSPS) is 12.4. The van der Waals surface area contributed by atoms with E-state index in [2.05, 4.69) is 0 Å². The number of benzene rings is 2. The molecule has 0 amide bonds. The van der Waals surface area contributed by atoms with E-state index in [-0.39, 0.29) is 30.5 Å². The van der Waals surface area contributed by atoms with Crippen LogP contribution >= 0.6 is 0 Å². The quantitative estimate of drug-likeness (QED) is 0.126. The number of ketones is 1. The molecule has 0 saturated heterocycles. The van der Waals surface area contributed by atoms with Crippen molar-refractivity contribution < 1.29 is 33.0 Å². The first-order valence-corrected chi connectivity index (χ1v) is 13.0. The van der Waals surface area contributed by atoms with E-state index in [1.54, 1.807) is 64.1 Å². The molecule has 3 rings (SSSR count). The number of rotatable bonds is 11. The molecule has 8 heteroatoms. The van der Waals surface area contributed by atoms with Gasteiger partial charge in [-0.1, -0.05) is 19.9 Å². The van der Waals surface area contributed by atoms with Crippen molar-refractivity contribution >= 4 is 34.8 Å². The van der Waals surface area contributed by atoms with Crippen LogP contribution in [0.15, 0.2) is 57.8 Å². The molecule has 1 aromatic heterocycles. The third kappa shape index (κ3) is 7.02. The first-order valence-electron chi connectivity index (χ1n) is 13.0. The van der Waals surface area contributed by atoms with Crippen LogP contribution in [0.2, 0.25) is 0 Å². The molecule has 0 aliphatic carbocycles. The Morgan fingerprint density at radius 2 is 1.64 bits per heavy atom. The van der Waals surface area contributed by atoms with Crippen molar-refractivity contribution in [2.24, 2.45) is 0 Å². The van der Waals surface area contributed by atoms with E-state index in [0.29, 0.717) is 27.8 Å². The summed E-state index contributed by atoms with van der Waals surface area (Å²) < 4.78 is 21.3. The summed E-state index contributed by atoms with van der Waals surface area (Å²) in [5.74, 6) is -0.954. The molecule has 0 spiro atoms. The minimum Gasteiger partial charge on any atom is -0.476 e. The van der Waals surface area contributed by atoms with Crippen molar-refractivity contribution in [1.29, 1.82) is 0 Å². The van der Waals surface area contributed by atoms with Gasteiger partial charge in [0.25, 0.3) is 0 Å². The Balaban J connectivity index is 1.89. The van der Waals surface area contributed by atoms with E-state index in [4.69, 9.17) is 18.6 Å². The average Bonchev–Trinajstić information content (AvgIpc) is 2.91. The van der Waals surface area contributed by atoms with Crippen LogP contribution in [-0.2, 0) is 14.3 Å². The van der Waals surface area contributed by atoms with Crippen LogP contribution in [0.1, 0.15) is 85.7 Å². The lowest BCUT2D eigenvalue weighted by atomic mass is 9.93. The maximum atomic E-state index is 12.9.